The standard InChI is InChI=1S/C12H27B3O3/c1-10(2,3)13-16-14(11(4,5)6)18-15(17-13)12(7,8)9/h1-9H3. The molecule has 1 heterocycles. The minimum Gasteiger partial charge on any atom is -0.452 e. The molecule has 3 nitrogen and oxygen atoms in total. The maximum atomic E-state index is 6.00. The van der Waals surface area contributed by atoms with Crippen LogP contribution in [0.3, 0.4) is 0 Å². The average molecular weight is 252 g/mol. The molecule has 0 atom stereocenters. The lowest BCUT2D eigenvalue weighted by Crippen LogP contribution is -2.57. The molecule has 6 heteroatoms. The third-order valence-corrected chi connectivity index (χ3v) is 2.86. The summed E-state index contributed by atoms with van der Waals surface area (Å²) in [4.78, 5) is 0. The van der Waals surface area contributed by atoms with Crippen LogP contribution in [0.4, 0.5) is 0 Å². The monoisotopic (exact) mass is 252 g/mol. The second-order valence-corrected chi connectivity index (χ2v) is 8.50. The molecule has 1 rings (SSSR count). The number of hydrogen-bond donors (Lipinski definition) is 0. The first-order chi connectivity index (χ1) is 7.82. The van der Waals surface area contributed by atoms with E-state index in [0.717, 1.165) is 0 Å². The van der Waals surface area contributed by atoms with Crippen LogP contribution in [0.1, 0.15) is 62.3 Å². The lowest BCUT2D eigenvalue weighted by Gasteiger charge is -2.44. The van der Waals surface area contributed by atoms with Gasteiger partial charge < -0.3 is 13.7 Å². The molecule has 0 radical (unpaired) electrons. The summed E-state index contributed by atoms with van der Waals surface area (Å²) in [6, 6.07) is 0. The van der Waals surface area contributed by atoms with Gasteiger partial charge in [0.1, 0.15) is 0 Å². The van der Waals surface area contributed by atoms with E-state index >= 15 is 0 Å². The van der Waals surface area contributed by atoms with E-state index in [2.05, 4.69) is 62.3 Å². The van der Waals surface area contributed by atoms with Crippen molar-refractivity contribution in [3.8, 4) is 0 Å². The molecule has 1 saturated heterocycles. The summed E-state index contributed by atoms with van der Waals surface area (Å²) in [6.45, 7) is 19.1. The van der Waals surface area contributed by atoms with E-state index in [1.165, 1.54) is 0 Å². The van der Waals surface area contributed by atoms with Gasteiger partial charge in [-0.2, -0.15) is 0 Å². The molecule has 102 valence electrons. The lowest BCUT2D eigenvalue weighted by atomic mass is 9.47. The van der Waals surface area contributed by atoms with Gasteiger partial charge in [0.2, 0.25) is 0 Å². The van der Waals surface area contributed by atoms with Crippen LogP contribution in [-0.4, -0.2) is 21.4 Å². The third-order valence-electron chi connectivity index (χ3n) is 2.86. The van der Waals surface area contributed by atoms with Crippen molar-refractivity contribution in [2.24, 2.45) is 0 Å². The summed E-state index contributed by atoms with van der Waals surface area (Å²) in [5, 5.41) is -0.176. The molecule has 0 aromatic carbocycles. The van der Waals surface area contributed by atoms with Crippen molar-refractivity contribution in [1.29, 1.82) is 0 Å². The van der Waals surface area contributed by atoms with Crippen molar-refractivity contribution < 1.29 is 13.7 Å². The van der Waals surface area contributed by atoms with Gasteiger partial charge >= 0.3 is 21.4 Å². The molecule has 1 aliphatic heterocycles. The van der Waals surface area contributed by atoms with Crippen LogP contribution >= 0.6 is 0 Å². The topological polar surface area (TPSA) is 27.7 Å². The third kappa shape index (κ3) is 4.04. The minimum atomic E-state index is -0.236. The SMILES string of the molecule is CC(C)(C)B1OB(C(C)(C)C)OB(C(C)(C)C)O1. The summed E-state index contributed by atoms with van der Waals surface area (Å²) < 4.78 is 18.0. The zero-order chi connectivity index (χ0) is 14.4. The smallest absolute Gasteiger partial charge is 0.435 e. The van der Waals surface area contributed by atoms with Gasteiger partial charge in [-0.15, -0.1) is 0 Å². The average Bonchev–Trinajstić information content (AvgIpc) is 2.13. The summed E-state index contributed by atoms with van der Waals surface area (Å²) in [5.74, 6) is 0. The fourth-order valence-corrected chi connectivity index (χ4v) is 1.66. The van der Waals surface area contributed by atoms with Crippen LogP contribution in [0.15, 0.2) is 0 Å². The second-order valence-electron chi connectivity index (χ2n) is 8.50. The van der Waals surface area contributed by atoms with Crippen molar-refractivity contribution in [2.45, 2.75) is 78.3 Å². The molecule has 0 spiro atoms. The summed E-state index contributed by atoms with van der Waals surface area (Å²) in [6.07, 6.45) is 0. The number of rotatable bonds is 0. The molecule has 1 aliphatic rings. The summed E-state index contributed by atoms with van der Waals surface area (Å²) >= 11 is 0. The molecule has 0 amide bonds. The van der Waals surface area contributed by atoms with E-state index in [4.69, 9.17) is 13.7 Å². The zero-order valence-corrected chi connectivity index (χ0v) is 13.5. The van der Waals surface area contributed by atoms with Crippen LogP contribution in [-0.2, 0) is 13.7 Å². The van der Waals surface area contributed by atoms with Crippen LogP contribution in [0.5, 0.6) is 0 Å². The number of hydrogen-bond acceptors (Lipinski definition) is 3. The molecule has 0 aliphatic carbocycles. The Balaban J connectivity index is 2.93. The van der Waals surface area contributed by atoms with Gasteiger partial charge in [-0.1, -0.05) is 62.3 Å². The molecule has 1 fully saturated rings. The van der Waals surface area contributed by atoms with Gasteiger partial charge in [0.15, 0.2) is 0 Å². The van der Waals surface area contributed by atoms with E-state index in [0.29, 0.717) is 0 Å². The van der Waals surface area contributed by atoms with E-state index < -0.39 is 0 Å². The Labute approximate surface area is 114 Å². The molecule has 0 aromatic heterocycles. The second kappa shape index (κ2) is 4.88. The normalized spacial score (nSPS) is 19.5. The van der Waals surface area contributed by atoms with E-state index in [-0.39, 0.29) is 37.3 Å². The molecule has 0 N–H and O–H groups in total. The first kappa shape index (κ1) is 16.1. The van der Waals surface area contributed by atoms with Crippen molar-refractivity contribution in [2.75, 3.05) is 0 Å². The van der Waals surface area contributed by atoms with Crippen LogP contribution < -0.4 is 0 Å². The molecule has 0 unspecified atom stereocenters. The van der Waals surface area contributed by atoms with E-state index in [1.807, 2.05) is 0 Å². The maximum absolute atomic E-state index is 6.00. The molecule has 0 aromatic rings. The Morgan fingerprint density at radius 3 is 0.722 bits per heavy atom. The highest BCUT2D eigenvalue weighted by atomic mass is 16.7. The van der Waals surface area contributed by atoms with Gasteiger partial charge in [0, 0.05) is 0 Å². The van der Waals surface area contributed by atoms with Crippen LogP contribution in [0, 0.1) is 0 Å². The maximum Gasteiger partial charge on any atom is 0.435 e. The van der Waals surface area contributed by atoms with Gasteiger partial charge in [-0.25, -0.2) is 0 Å². The largest absolute Gasteiger partial charge is 0.452 e. The van der Waals surface area contributed by atoms with Gasteiger partial charge in [-0.05, 0) is 15.9 Å². The Hall–Kier alpha value is 0.0748. The van der Waals surface area contributed by atoms with E-state index in [9.17, 15) is 0 Å². The molecule has 0 bridgehead atoms. The Kier molecular flexibility index (Phi) is 4.37. The highest BCUT2D eigenvalue weighted by Crippen LogP contribution is 2.42. The van der Waals surface area contributed by atoms with Crippen LogP contribution in [0.25, 0.3) is 0 Å². The van der Waals surface area contributed by atoms with Crippen LogP contribution in [0.2, 0.25) is 15.9 Å². The first-order valence-corrected chi connectivity index (χ1v) is 6.78. The van der Waals surface area contributed by atoms with Gasteiger partial charge in [0.25, 0.3) is 0 Å². The zero-order valence-electron chi connectivity index (χ0n) is 13.5. The predicted octanol–water partition coefficient (Wildman–Crippen LogP) is 3.91. The highest BCUT2D eigenvalue weighted by Gasteiger charge is 2.53. The predicted molar refractivity (Wildman–Crippen MR) is 79.7 cm³/mol. The van der Waals surface area contributed by atoms with Crippen molar-refractivity contribution in [1.82, 2.24) is 0 Å². The molecular formula is C12H27B3O3. The Morgan fingerprint density at radius 2 is 0.611 bits per heavy atom. The lowest BCUT2D eigenvalue weighted by molar-refractivity contribution is 0.227. The minimum absolute atomic E-state index is 0.0587. The van der Waals surface area contributed by atoms with Gasteiger partial charge in [0.05, 0.1) is 0 Å². The summed E-state index contributed by atoms with van der Waals surface area (Å²) in [7, 11) is -0.709. The van der Waals surface area contributed by atoms with Crippen molar-refractivity contribution in [3.05, 3.63) is 0 Å². The van der Waals surface area contributed by atoms with Crippen molar-refractivity contribution >= 4 is 21.4 Å². The van der Waals surface area contributed by atoms with Gasteiger partial charge in [-0.3, -0.25) is 0 Å². The fourth-order valence-electron chi connectivity index (χ4n) is 1.66. The molecule has 18 heavy (non-hydrogen) atoms. The summed E-state index contributed by atoms with van der Waals surface area (Å²) in [5.41, 5.74) is 0. The molecular weight excluding hydrogens is 225 g/mol. The van der Waals surface area contributed by atoms with E-state index in [1.54, 1.807) is 0 Å². The fraction of sp³-hybridized carbons (Fsp3) is 1.00. The quantitative estimate of drug-likeness (QED) is 0.611. The highest BCUT2D eigenvalue weighted by molar-refractivity contribution is 6.76. The Morgan fingerprint density at radius 1 is 0.444 bits per heavy atom. The first-order valence-electron chi connectivity index (χ1n) is 6.78. The molecule has 0 saturated carbocycles. The van der Waals surface area contributed by atoms with Crippen molar-refractivity contribution in [3.63, 3.8) is 0 Å². The Bertz CT molecular complexity index is 235.